The van der Waals surface area contributed by atoms with Crippen molar-refractivity contribution in [2.45, 2.75) is 37.5 Å². The predicted octanol–water partition coefficient (Wildman–Crippen LogP) is 3.47. The third kappa shape index (κ3) is 3.19. The van der Waals surface area contributed by atoms with Gasteiger partial charge in [0.05, 0.1) is 5.56 Å². The summed E-state index contributed by atoms with van der Waals surface area (Å²) in [7, 11) is 0. The standard InChI is InChI=1S/C14H19NO2S/c1-2-18-13-5-3-4-12(13)15-11-8-6-10(7-9-11)14(16)17/h6-9,12-13,15H,2-5H2,1H3,(H,16,17). The fourth-order valence-corrected chi connectivity index (χ4v) is 3.63. The molecule has 1 aromatic carbocycles. The van der Waals surface area contributed by atoms with E-state index < -0.39 is 5.97 Å². The average molecular weight is 265 g/mol. The molecule has 1 aliphatic carbocycles. The summed E-state index contributed by atoms with van der Waals surface area (Å²) in [6, 6.07) is 7.54. The van der Waals surface area contributed by atoms with E-state index in [0.717, 1.165) is 11.4 Å². The number of carboxylic acid groups (broad SMARTS) is 1. The largest absolute Gasteiger partial charge is 0.478 e. The molecule has 1 fully saturated rings. The molecule has 2 atom stereocenters. The van der Waals surface area contributed by atoms with E-state index >= 15 is 0 Å². The second-order valence-electron chi connectivity index (χ2n) is 4.56. The molecule has 0 aromatic heterocycles. The highest BCUT2D eigenvalue weighted by Crippen LogP contribution is 2.32. The molecule has 2 N–H and O–H groups in total. The average Bonchev–Trinajstić information content (AvgIpc) is 2.78. The summed E-state index contributed by atoms with van der Waals surface area (Å²) in [5, 5.41) is 13.1. The molecular formula is C14H19NO2S. The van der Waals surface area contributed by atoms with Crippen molar-refractivity contribution < 1.29 is 9.90 Å². The monoisotopic (exact) mass is 265 g/mol. The van der Waals surface area contributed by atoms with Gasteiger partial charge < -0.3 is 10.4 Å². The molecule has 1 saturated carbocycles. The van der Waals surface area contributed by atoms with Gasteiger partial charge in [0.2, 0.25) is 0 Å². The van der Waals surface area contributed by atoms with Crippen molar-refractivity contribution in [3.8, 4) is 0 Å². The van der Waals surface area contributed by atoms with Gasteiger partial charge in [-0.05, 0) is 42.9 Å². The summed E-state index contributed by atoms with van der Waals surface area (Å²) in [5.41, 5.74) is 1.36. The Hall–Kier alpha value is -1.16. The molecule has 0 aliphatic heterocycles. The van der Waals surface area contributed by atoms with Gasteiger partial charge in [0.1, 0.15) is 0 Å². The SMILES string of the molecule is CCSC1CCCC1Nc1ccc(C(=O)O)cc1. The van der Waals surface area contributed by atoms with Crippen LogP contribution < -0.4 is 5.32 Å². The van der Waals surface area contributed by atoms with Crippen molar-refractivity contribution in [1.29, 1.82) is 0 Å². The molecule has 3 nitrogen and oxygen atoms in total. The van der Waals surface area contributed by atoms with E-state index in [9.17, 15) is 4.79 Å². The summed E-state index contributed by atoms with van der Waals surface area (Å²) in [6.07, 6.45) is 3.77. The number of anilines is 1. The van der Waals surface area contributed by atoms with Crippen LogP contribution in [0.2, 0.25) is 0 Å². The Morgan fingerprint density at radius 2 is 2.11 bits per heavy atom. The van der Waals surface area contributed by atoms with Gasteiger partial charge in [0.15, 0.2) is 0 Å². The van der Waals surface area contributed by atoms with Gasteiger partial charge in [0, 0.05) is 17.0 Å². The van der Waals surface area contributed by atoms with Gasteiger partial charge >= 0.3 is 5.97 Å². The number of benzene rings is 1. The molecule has 4 heteroatoms. The van der Waals surface area contributed by atoms with Crippen molar-refractivity contribution in [2.75, 3.05) is 11.1 Å². The lowest BCUT2D eigenvalue weighted by Gasteiger charge is -2.21. The van der Waals surface area contributed by atoms with Gasteiger partial charge in [-0.25, -0.2) is 4.79 Å². The molecule has 18 heavy (non-hydrogen) atoms. The van der Waals surface area contributed by atoms with Crippen LogP contribution in [0, 0.1) is 0 Å². The molecule has 0 saturated heterocycles. The quantitative estimate of drug-likeness (QED) is 0.856. The lowest BCUT2D eigenvalue weighted by atomic mass is 10.2. The Bertz CT molecular complexity index is 405. The first-order valence-electron chi connectivity index (χ1n) is 6.42. The molecule has 0 radical (unpaired) electrons. The van der Waals surface area contributed by atoms with Crippen LogP contribution >= 0.6 is 11.8 Å². The van der Waals surface area contributed by atoms with E-state index in [1.165, 1.54) is 19.3 Å². The molecule has 0 bridgehead atoms. The second kappa shape index (κ2) is 6.14. The van der Waals surface area contributed by atoms with Crippen LogP contribution in [0.1, 0.15) is 36.5 Å². The molecule has 2 unspecified atom stereocenters. The number of nitrogens with one attached hydrogen (secondary N) is 1. The van der Waals surface area contributed by atoms with Gasteiger partial charge in [-0.15, -0.1) is 0 Å². The maximum Gasteiger partial charge on any atom is 0.335 e. The first-order valence-corrected chi connectivity index (χ1v) is 7.47. The second-order valence-corrected chi connectivity index (χ2v) is 6.07. The number of rotatable bonds is 5. The number of hydrogen-bond donors (Lipinski definition) is 2. The number of aromatic carboxylic acids is 1. The number of carboxylic acids is 1. The zero-order valence-corrected chi connectivity index (χ0v) is 11.4. The topological polar surface area (TPSA) is 49.3 Å². The highest BCUT2D eigenvalue weighted by atomic mass is 32.2. The molecule has 1 aliphatic rings. The Morgan fingerprint density at radius 3 is 2.72 bits per heavy atom. The molecule has 0 amide bonds. The molecule has 1 aromatic rings. The minimum Gasteiger partial charge on any atom is -0.478 e. The van der Waals surface area contributed by atoms with Gasteiger partial charge in [-0.3, -0.25) is 0 Å². The van der Waals surface area contributed by atoms with Crippen molar-refractivity contribution in [3.05, 3.63) is 29.8 Å². The maximum atomic E-state index is 10.8. The minimum absolute atomic E-state index is 0.339. The van der Waals surface area contributed by atoms with E-state index in [1.54, 1.807) is 12.1 Å². The van der Waals surface area contributed by atoms with Crippen LogP contribution in [-0.2, 0) is 0 Å². The third-order valence-electron chi connectivity index (χ3n) is 3.32. The number of hydrogen-bond acceptors (Lipinski definition) is 3. The summed E-state index contributed by atoms with van der Waals surface area (Å²) in [6.45, 7) is 2.20. The number of thioether (sulfide) groups is 1. The smallest absolute Gasteiger partial charge is 0.335 e. The van der Waals surface area contributed by atoms with E-state index in [0.29, 0.717) is 16.9 Å². The summed E-state index contributed by atoms with van der Waals surface area (Å²) >= 11 is 2.02. The highest BCUT2D eigenvalue weighted by Gasteiger charge is 2.26. The van der Waals surface area contributed by atoms with Crippen molar-refractivity contribution >= 4 is 23.4 Å². The summed E-state index contributed by atoms with van der Waals surface area (Å²) in [4.78, 5) is 10.8. The van der Waals surface area contributed by atoms with E-state index in [1.807, 2.05) is 23.9 Å². The molecular weight excluding hydrogens is 246 g/mol. The van der Waals surface area contributed by atoms with Gasteiger partial charge in [-0.2, -0.15) is 11.8 Å². The van der Waals surface area contributed by atoms with Crippen molar-refractivity contribution in [1.82, 2.24) is 0 Å². The van der Waals surface area contributed by atoms with Gasteiger partial charge in [0.25, 0.3) is 0 Å². The van der Waals surface area contributed by atoms with E-state index in [4.69, 9.17) is 5.11 Å². The number of carbonyl (C=O) groups is 1. The Kier molecular flexibility index (Phi) is 4.53. The summed E-state index contributed by atoms with van der Waals surface area (Å²) < 4.78 is 0. The van der Waals surface area contributed by atoms with Crippen LogP contribution in [0.5, 0.6) is 0 Å². The third-order valence-corrected chi connectivity index (χ3v) is 4.64. The Balaban J connectivity index is 1.98. The molecule has 0 heterocycles. The van der Waals surface area contributed by atoms with E-state index in [2.05, 4.69) is 12.2 Å². The lowest BCUT2D eigenvalue weighted by Crippen LogP contribution is -2.26. The van der Waals surface area contributed by atoms with Crippen LogP contribution in [0.3, 0.4) is 0 Å². The fraction of sp³-hybridized carbons (Fsp3) is 0.500. The van der Waals surface area contributed by atoms with Gasteiger partial charge in [-0.1, -0.05) is 13.3 Å². The molecule has 0 spiro atoms. The molecule has 2 rings (SSSR count). The molecule has 98 valence electrons. The Morgan fingerprint density at radius 1 is 1.39 bits per heavy atom. The van der Waals surface area contributed by atoms with Crippen LogP contribution in [0.25, 0.3) is 0 Å². The first-order chi connectivity index (χ1) is 8.70. The minimum atomic E-state index is -0.873. The lowest BCUT2D eigenvalue weighted by molar-refractivity contribution is 0.0697. The maximum absolute atomic E-state index is 10.8. The van der Waals surface area contributed by atoms with E-state index in [-0.39, 0.29) is 0 Å². The van der Waals surface area contributed by atoms with Crippen molar-refractivity contribution in [3.63, 3.8) is 0 Å². The zero-order chi connectivity index (χ0) is 13.0. The first kappa shape index (κ1) is 13.3. The van der Waals surface area contributed by atoms with Crippen LogP contribution in [0.4, 0.5) is 5.69 Å². The Labute approximate surface area is 112 Å². The van der Waals surface area contributed by atoms with Crippen LogP contribution in [-0.4, -0.2) is 28.1 Å². The van der Waals surface area contributed by atoms with Crippen LogP contribution in [0.15, 0.2) is 24.3 Å². The highest BCUT2D eigenvalue weighted by molar-refractivity contribution is 7.99. The zero-order valence-electron chi connectivity index (χ0n) is 10.6. The normalized spacial score (nSPS) is 22.9. The fourth-order valence-electron chi connectivity index (χ4n) is 2.43. The predicted molar refractivity (Wildman–Crippen MR) is 76.6 cm³/mol. The summed E-state index contributed by atoms with van der Waals surface area (Å²) in [5.74, 6) is 0.280. The van der Waals surface area contributed by atoms with Crippen molar-refractivity contribution in [2.24, 2.45) is 0 Å².